The molecule has 0 spiro atoms. The van der Waals surface area contributed by atoms with E-state index in [9.17, 15) is 18.0 Å². The molecule has 1 rings (SSSR count). The minimum atomic E-state index is -1.77. The lowest BCUT2D eigenvalue weighted by Gasteiger charge is -2.08. The molecule has 0 bridgehead atoms. The Morgan fingerprint density at radius 2 is 1.79 bits per heavy atom. The predicted octanol–water partition coefficient (Wildman–Crippen LogP) is 2.58. The summed E-state index contributed by atoms with van der Waals surface area (Å²) < 4.78 is 42.8. The quantitative estimate of drug-likeness (QED) is 0.438. The molecule has 14 heavy (non-hydrogen) atoms. The normalized spacial score (nSPS) is 10.1. The van der Waals surface area contributed by atoms with E-state index in [2.05, 4.69) is 4.74 Å². The SMILES string of the molecule is COc1c(F)c(F)c(F)c(Cl)c1C=O. The van der Waals surface area contributed by atoms with Gasteiger partial charge in [-0.1, -0.05) is 11.6 Å². The first-order valence-corrected chi connectivity index (χ1v) is 3.77. The van der Waals surface area contributed by atoms with Crippen LogP contribution in [0.25, 0.3) is 0 Å². The number of aldehydes is 1. The first-order chi connectivity index (χ1) is 6.54. The first kappa shape index (κ1) is 10.8. The molecule has 0 fully saturated rings. The highest BCUT2D eigenvalue weighted by Gasteiger charge is 2.24. The Kier molecular flexibility index (Phi) is 3.00. The van der Waals surface area contributed by atoms with Crippen LogP contribution in [-0.2, 0) is 0 Å². The van der Waals surface area contributed by atoms with Crippen molar-refractivity contribution in [3.8, 4) is 5.75 Å². The van der Waals surface area contributed by atoms with Crippen LogP contribution in [0.3, 0.4) is 0 Å². The first-order valence-electron chi connectivity index (χ1n) is 3.39. The molecule has 76 valence electrons. The van der Waals surface area contributed by atoms with E-state index < -0.39 is 33.8 Å². The van der Waals surface area contributed by atoms with Crippen LogP contribution in [0.2, 0.25) is 5.02 Å². The lowest BCUT2D eigenvalue weighted by molar-refractivity contribution is 0.111. The third-order valence-electron chi connectivity index (χ3n) is 1.58. The maximum Gasteiger partial charge on any atom is 0.204 e. The predicted molar refractivity (Wildman–Crippen MR) is 43.3 cm³/mol. The molecule has 1 aromatic carbocycles. The fourth-order valence-corrected chi connectivity index (χ4v) is 1.15. The van der Waals surface area contributed by atoms with Gasteiger partial charge in [-0.15, -0.1) is 0 Å². The maximum atomic E-state index is 12.9. The summed E-state index contributed by atoms with van der Waals surface area (Å²) in [4.78, 5) is 10.4. The minimum Gasteiger partial charge on any atom is -0.493 e. The maximum absolute atomic E-state index is 12.9. The van der Waals surface area contributed by atoms with Gasteiger partial charge in [0.2, 0.25) is 5.82 Å². The summed E-state index contributed by atoms with van der Waals surface area (Å²) in [5.41, 5.74) is -0.550. The van der Waals surface area contributed by atoms with Crippen LogP contribution < -0.4 is 4.74 Å². The highest BCUT2D eigenvalue weighted by Crippen LogP contribution is 2.32. The lowest BCUT2D eigenvalue weighted by atomic mass is 10.2. The van der Waals surface area contributed by atoms with Crippen LogP contribution in [0.15, 0.2) is 0 Å². The number of carbonyl (C=O) groups excluding carboxylic acids is 1. The molecule has 2 nitrogen and oxygen atoms in total. The second-order valence-electron chi connectivity index (χ2n) is 2.32. The molecule has 0 aliphatic carbocycles. The molecule has 0 saturated carbocycles. The smallest absolute Gasteiger partial charge is 0.204 e. The van der Waals surface area contributed by atoms with Gasteiger partial charge >= 0.3 is 0 Å². The Labute approximate surface area is 82.2 Å². The summed E-state index contributed by atoms with van der Waals surface area (Å²) in [7, 11) is 1.01. The van der Waals surface area contributed by atoms with Crippen molar-refractivity contribution in [2.75, 3.05) is 7.11 Å². The van der Waals surface area contributed by atoms with Crippen LogP contribution in [0.1, 0.15) is 10.4 Å². The van der Waals surface area contributed by atoms with Crippen LogP contribution in [0.5, 0.6) is 5.75 Å². The number of hydrogen-bond donors (Lipinski definition) is 0. The van der Waals surface area contributed by atoms with E-state index in [0.29, 0.717) is 0 Å². The molecule has 1 aromatic rings. The van der Waals surface area contributed by atoms with Crippen LogP contribution in [0.4, 0.5) is 13.2 Å². The third kappa shape index (κ3) is 1.43. The summed E-state index contributed by atoms with van der Waals surface area (Å²) in [6, 6.07) is 0. The molecule has 0 N–H and O–H groups in total. The Balaban J connectivity index is 3.65. The fraction of sp³-hybridized carbons (Fsp3) is 0.125. The zero-order chi connectivity index (χ0) is 10.9. The molecule has 0 aromatic heterocycles. The van der Waals surface area contributed by atoms with Crippen molar-refractivity contribution in [1.29, 1.82) is 0 Å². The summed E-state index contributed by atoms with van der Waals surface area (Å²) in [5.74, 6) is -5.65. The molecule has 6 heteroatoms. The van der Waals surface area contributed by atoms with E-state index in [1.54, 1.807) is 0 Å². The van der Waals surface area contributed by atoms with E-state index in [1.165, 1.54) is 0 Å². The second-order valence-corrected chi connectivity index (χ2v) is 2.70. The van der Waals surface area contributed by atoms with Crippen molar-refractivity contribution >= 4 is 17.9 Å². The molecule has 0 amide bonds. The van der Waals surface area contributed by atoms with Crippen molar-refractivity contribution in [2.45, 2.75) is 0 Å². The Morgan fingerprint density at radius 3 is 2.21 bits per heavy atom. The monoisotopic (exact) mass is 224 g/mol. The summed E-state index contributed by atoms with van der Waals surface area (Å²) in [6.07, 6.45) is 0.0900. The van der Waals surface area contributed by atoms with Crippen molar-refractivity contribution in [1.82, 2.24) is 0 Å². The van der Waals surface area contributed by atoms with E-state index in [0.717, 1.165) is 7.11 Å². The number of carbonyl (C=O) groups is 1. The fourth-order valence-electron chi connectivity index (χ4n) is 0.933. The molecule has 0 radical (unpaired) electrons. The van der Waals surface area contributed by atoms with Crippen molar-refractivity contribution in [3.63, 3.8) is 0 Å². The van der Waals surface area contributed by atoms with Gasteiger partial charge in [0.05, 0.1) is 17.7 Å². The molecule has 0 aliphatic rings. The lowest BCUT2D eigenvalue weighted by Crippen LogP contribution is -2.02. The molecular formula is C8H4ClF3O2. The van der Waals surface area contributed by atoms with Gasteiger partial charge < -0.3 is 4.74 Å². The van der Waals surface area contributed by atoms with Crippen molar-refractivity contribution in [3.05, 3.63) is 28.0 Å². The van der Waals surface area contributed by atoms with Gasteiger partial charge in [-0.2, -0.15) is 4.39 Å². The second kappa shape index (κ2) is 3.88. The average Bonchev–Trinajstić information content (AvgIpc) is 2.20. The van der Waals surface area contributed by atoms with Gasteiger partial charge in [0.1, 0.15) is 0 Å². The van der Waals surface area contributed by atoms with Gasteiger partial charge in [0.25, 0.3) is 0 Å². The number of halogens is 4. The van der Waals surface area contributed by atoms with E-state index >= 15 is 0 Å². The van der Waals surface area contributed by atoms with E-state index in [4.69, 9.17) is 11.6 Å². The zero-order valence-corrected chi connectivity index (χ0v) is 7.66. The van der Waals surface area contributed by atoms with Gasteiger partial charge in [0.15, 0.2) is 23.7 Å². The van der Waals surface area contributed by atoms with Crippen LogP contribution >= 0.6 is 11.6 Å². The van der Waals surface area contributed by atoms with Crippen molar-refractivity contribution < 1.29 is 22.7 Å². The number of rotatable bonds is 2. The highest BCUT2D eigenvalue weighted by molar-refractivity contribution is 6.33. The Morgan fingerprint density at radius 1 is 1.21 bits per heavy atom. The zero-order valence-electron chi connectivity index (χ0n) is 6.91. The molecule has 0 atom stereocenters. The summed E-state index contributed by atoms with van der Waals surface area (Å²) in [5, 5.41) is -0.796. The Bertz CT molecular complexity index is 393. The topological polar surface area (TPSA) is 26.3 Å². The van der Waals surface area contributed by atoms with Crippen LogP contribution in [0, 0.1) is 17.5 Å². The molecule has 0 aliphatic heterocycles. The molecular weight excluding hydrogens is 221 g/mol. The molecule has 0 saturated heterocycles. The van der Waals surface area contributed by atoms with Gasteiger partial charge in [0, 0.05) is 0 Å². The molecule has 0 unspecified atom stereocenters. The van der Waals surface area contributed by atoms with Crippen LogP contribution in [-0.4, -0.2) is 13.4 Å². The van der Waals surface area contributed by atoms with Gasteiger partial charge in [-0.3, -0.25) is 4.79 Å². The number of ether oxygens (including phenoxy) is 1. The van der Waals surface area contributed by atoms with Crippen molar-refractivity contribution in [2.24, 2.45) is 0 Å². The number of benzene rings is 1. The largest absolute Gasteiger partial charge is 0.493 e. The van der Waals surface area contributed by atoms with Gasteiger partial charge in [-0.05, 0) is 0 Å². The van der Waals surface area contributed by atoms with E-state index in [-0.39, 0.29) is 6.29 Å². The minimum absolute atomic E-state index is 0.0900. The number of hydrogen-bond acceptors (Lipinski definition) is 2. The highest BCUT2D eigenvalue weighted by atomic mass is 35.5. The standard InChI is InChI=1S/C8H4ClF3O2/c1-14-8-3(2-13)4(9)5(10)6(11)7(8)12/h2H,1H3. The number of methoxy groups -OCH3 is 1. The average molecular weight is 225 g/mol. The van der Waals surface area contributed by atoms with E-state index in [1.807, 2.05) is 0 Å². The summed E-state index contributed by atoms with van der Waals surface area (Å²) in [6.45, 7) is 0. The third-order valence-corrected chi connectivity index (χ3v) is 1.95. The Hall–Kier alpha value is -1.23. The van der Waals surface area contributed by atoms with Gasteiger partial charge in [-0.25, -0.2) is 8.78 Å². The summed E-state index contributed by atoms with van der Waals surface area (Å²) >= 11 is 5.26. The molecule has 0 heterocycles.